The smallest absolute Gasteiger partial charge is 0.229 e. The monoisotopic (exact) mass is 270 g/mol. The number of benzene rings is 1. The third-order valence-corrected chi connectivity index (χ3v) is 3.66. The van der Waals surface area contributed by atoms with Crippen LogP contribution in [0.2, 0.25) is 0 Å². The summed E-state index contributed by atoms with van der Waals surface area (Å²) >= 11 is 0. The van der Waals surface area contributed by atoms with Gasteiger partial charge in [-0.2, -0.15) is 0 Å². The number of aliphatic hydroxyl groups excluding tert-OH is 4. The summed E-state index contributed by atoms with van der Waals surface area (Å²) in [5, 5.41) is 48.1. The Labute approximate surface area is 110 Å². The third-order valence-electron chi connectivity index (χ3n) is 3.66. The summed E-state index contributed by atoms with van der Waals surface area (Å²) in [6.07, 6.45) is -4.60. The van der Waals surface area contributed by atoms with Gasteiger partial charge in [0, 0.05) is 5.92 Å². The van der Waals surface area contributed by atoms with E-state index in [1.807, 2.05) is 6.92 Å². The molecule has 2 rings (SSSR count). The molecule has 0 radical (unpaired) electrons. The Hall–Kier alpha value is -1.18. The minimum absolute atomic E-state index is 0.316. The van der Waals surface area contributed by atoms with Crippen LogP contribution in [0, 0.1) is 12.8 Å². The van der Waals surface area contributed by atoms with Crippen LogP contribution in [0.15, 0.2) is 24.3 Å². The summed E-state index contributed by atoms with van der Waals surface area (Å²) in [5.74, 6) is -0.736. The molecule has 1 fully saturated rings. The Balaban J connectivity index is 2.11. The Morgan fingerprint density at radius 1 is 1.26 bits per heavy atom. The lowest BCUT2D eigenvalue weighted by atomic mass is 9.64. The quantitative estimate of drug-likeness (QED) is 0.438. The van der Waals surface area contributed by atoms with E-state index in [1.54, 1.807) is 24.3 Å². The summed E-state index contributed by atoms with van der Waals surface area (Å²) in [5.41, 5.74) is -1.08. The van der Waals surface area contributed by atoms with Crippen molar-refractivity contribution in [3.05, 3.63) is 29.8 Å². The zero-order valence-corrected chi connectivity index (χ0v) is 10.5. The van der Waals surface area contributed by atoms with Gasteiger partial charge in [0.05, 0.1) is 12.7 Å². The number of aryl methyl sites for hydroxylation is 1. The van der Waals surface area contributed by atoms with Crippen molar-refractivity contribution in [3.8, 4) is 5.75 Å². The maximum Gasteiger partial charge on any atom is 0.229 e. The summed E-state index contributed by atoms with van der Waals surface area (Å²) in [7, 11) is 0. The lowest BCUT2D eigenvalue weighted by molar-refractivity contribution is -0.332. The first-order valence-corrected chi connectivity index (χ1v) is 6.02. The second-order valence-electron chi connectivity index (χ2n) is 4.90. The van der Waals surface area contributed by atoms with E-state index in [4.69, 9.17) is 9.84 Å². The topological polar surface area (TPSA) is 110 Å². The van der Waals surface area contributed by atoms with Crippen molar-refractivity contribution in [2.45, 2.75) is 31.0 Å². The molecule has 1 aromatic rings. The summed E-state index contributed by atoms with van der Waals surface area (Å²) in [6.45, 7) is 1.32. The molecule has 5 N–H and O–H groups in total. The fourth-order valence-corrected chi connectivity index (χ4v) is 2.29. The molecule has 0 amide bonds. The maximum atomic E-state index is 10.1. The summed E-state index contributed by atoms with van der Waals surface area (Å²) < 4.78 is 5.15. The van der Waals surface area contributed by atoms with Gasteiger partial charge in [-0.3, -0.25) is 0 Å². The van der Waals surface area contributed by atoms with Crippen LogP contribution >= 0.6 is 0 Å². The van der Waals surface area contributed by atoms with Gasteiger partial charge in [0.2, 0.25) is 6.29 Å². The van der Waals surface area contributed by atoms with Gasteiger partial charge in [0.25, 0.3) is 0 Å². The van der Waals surface area contributed by atoms with Gasteiger partial charge in [-0.25, -0.2) is 0 Å². The zero-order chi connectivity index (χ0) is 14.2. The first-order chi connectivity index (χ1) is 8.91. The molecule has 6 heteroatoms. The highest BCUT2D eigenvalue weighted by Crippen LogP contribution is 2.42. The highest BCUT2D eigenvalue weighted by atomic mass is 16.6. The average Bonchev–Trinajstić information content (AvgIpc) is 2.41. The van der Waals surface area contributed by atoms with Gasteiger partial charge < -0.3 is 30.3 Å². The SMILES string of the molecule is Cc1ccc(OC(O)C2(O)C(O)C(O)C2CO)cc1. The van der Waals surface area contributed by atoms with Crippen molar-refractivity contribution < 1.29 is 30.3 Å². The first-order valence-electron chi connectivity index (χ1n) is 6.02. The first kappa shape index (κ1) is 14.2. The lowest BCUT2D eigenvalue weighted by Crippen LogP contribution is -2.76. The number of ether oxygens (including phenoxy) is 1. The van der Waals surface area contributed by atoms with E-state index in [9.17, 15) is 20.4 Å². The van der Waals surface area contributed by atoms with Crippen molar-refractivity contribution in [2.24, 2.45) is 5.92 Å². The number of aliphatic hydroxyl groups is 5. The minimum Gasteiger partial charge on any atom is -0.462 e. The Morgan fingerprint density at radius 3 is 2.37 bits per heavy atom. The van der Waals surface area contributed by atoms with Crippen molar-refractivity contribution in [3.63, 3.8) is 0 Å². The molecular weight excluding hydrogens is 252 g/mol. The standard InChI is InChI=1S/C13H18O6/c1-7-2-4-8(5-3-7)19-12(17)13(18)9(6-14)10(15)11(13)16/h2-5,9-12,14-18H,6H2,1H3. The molecule has 0 aromatic heterocycles. The fourth-order valence-electron chi connectivity index (χ4n) is 2.29. The third kappa shape index (κ3) is 2.22. The minimum atomic E-state index is -2.08. The van der Waals surface area contributed by atoms with Gasteiger partial charge in [-0.05, 0) is 19.1 Å². The molecule has 0 heterocycles. The van der Waals surface area contributed by atoms with E-state index in [2.05, 4.69) is 0 Å². The van der Waals surface area contributed by atoms with E-state index >= 15 is 0 Å². The second kappa shape index (κ2) is 5.07. The molecule has 5 atom stereocenters. The van der Waals surface area contributed by atoms with Crippen LogP contribution in [0.5, 0.6) is 5.75 Å². The molecular formula is C13H18O6. The van der Waals surface area contributed by atoms with Crippen molar-refractivity contribution >= 4 is 0 Å². The molecule has 6 nitrogen and oxygen atoms in total. The van der Waals surface area contributed by atoms with Gasteiger partial charge in [-0.1, -0.05) is 17.7 Å². The second-order valence-corrected chi connectivity index (χ2v) is 4.90. The molecule has 0 bridgehead atoms. The molecule has 0 spiro atoms. The van der Waals surface area contributed by atoms with Crippen molar-refractivity contribution in [1.82, 2.24) is 0 Å². The highest BCUT2D eigenvalue weighted by molar-refractivity contribution is 5.27. The van der Waals surface area contributed by atoms with Crippen LogP contribution in [0.1, 0.15) is 5.56 Å². The van der Waals surface area contributed by atoms with Gasteiger partial charge >= 0.3 is 0 Å². The van der Waals surface area contributed by atoms with E-state index in [-0.39, 0.29) is 0 Å². The average molecular weight is 270 g/mol. The summed E-state index contributed by atoms with van der Waals surface area (Å²) in [6, 6.07) is 6.75. The predicted octanol–water partition coefficient (Wildman–Crippen LogP) is -1.23. The van der Waals surface area contributed by atoms with Gasteiger partial charge in [-0.15, -0.1) is 0 Å². The van der Waals surface area contributed by atoms with E-state index in [1.165, 1.54) is 0 Å². The molecule has 5 unspecified atom stereocenters. The molecule has 106 valence electrons. The number of hydrogen-bond acceptors (Lipinski definition) is 6. The molecule has 0 saturated heterocycles. The van der Waals surface area contributed by atoms with Crippen LogP contribution in [0.4, 0.5) is 0 Å². The van der Waals surface area contributed by atoms with Crippen LogP contribution < -0.4 is 4.74 Å². The fraction of sp³-hybridized carbons (Fsp3) is 0.538. The van der Waals surface area contributed by atoms with Crippen LogP contribution in [0.25, 0.3) is 0 Å². The largest absolute Gasteiger partial charge is 0.462 e. The Bertz CT molecular complexity index is 433. The number of rotatable bonds is 4. The number of hydrogen-bond donors (Lipinski definition) is 5. The maximum absolute atomic E-state index is 10.1. The normalized spacial score (nSPS) is 35.6. The van der Waals surface area contributed by atoms with Crippen molar-refractivity contribution in [2.75, 3.05) is 6.61 Å². The molecule has 1 saturated carbocycles. The van der Waals surface area contributed by atoms with Crippen LogP contribution in [0.3, 0.4) is 0 Å². The van der Waals surface area contributed by atoms with Gasteiger partial charge in [0.1, 0.15) is 11.9 Å². The Morgan fingerprint density at radius 2 is 1.84 bits per heavy atom. The van der Waals surface area contributed by atoms with Crippen LogP contribution in [-0.4, -0.2) is 56.2 Å². The van der Waals surface area contributed by atoms with Crippen LogP contribution in [-0.2, 0) is 0 Å². The molecule has 1 aliphatic rings. The zero-order valence-electron chi connectivity index (χ0n) is 10.5. The molecule has 19 heavy (non-hydrogen) atoms. The van der Waals surface area contributed by atoms with E-state index in [0.29, 0.717) is 5.75 Å². The highest BCUT2D eigenvalue weighted by Gasteiger charge is 2.65. The van der Waals surface area contributed by atoms with E-state index < -0.39 is 36.6 Å². The predicted molar refractivity (Wildman–Crippen MR) is 65.4 cm³/mol. The molecule has 1 aromatic carbocycles. The summed E-state index contributed by atoms with van der Waals surface area (Å²) in [4.78, 5) is 0. The van der Waals surface area contributed by atoms with Gasteiger partial charge in [0.15, 0.2) is 5.60 Å². The lowest BCUT2D eigenvalue weighted by Gasteiger charge is -2.53. The molecule has 0 aliphatic heterocycles. The molecule has 1 aliphatic carbocycles. The van der Waals surface area contributed by atoms with E-state index in [0.717, 1.165) is 5.56 Å². The Kier molecular flexibility index (Phi) is 3.80. The van der Waals surface area contributed by atoms with Crippen molar-refractivity contribution in [1.29, 1.82) is 0 Å².